The summed E-state index contributed by atoms with van der Waals surface area (Å²) in [6.07, 6.45) is 2.69. The second-order valence-corrected chi connectivity index (χ2v) is 9.58. The molecule has 0 saturated carbocycles. The summed E-state index contributed by atoms with van der Waals surface area (Å²) < 4.78 is 30.7. The number of carbonyl (C=O) groups is 1. The number of carbonyl (C=O) groups excluding carboxylic acids is 1. The van der Waals surface area contributed by atoms with Crippen LogP contribution in [0.4, 0.5) is 5.69 Å². The Morgan fingerprint density at radius 2 is 2.00 bits per heavy atom. The van der Waals surface area contributed by atoms with E-state index in [0.29, 0.717) is 17.2 Å². The average molecular weight is 459 g/mol. The highest BCUT2D eigenvalue weighted by molar-refractivity contribution is 7.88. The number of hydrogen-bond donors (Lipinski definition) is 1. The topological polar surface area (TPSA) is 107 Å². The van der Waals surface area contributed by atoms with Crippen molar-refractivity contribution in [3.8, 4) is 6.07 Å². The van der Waals surface area contributed by atoms with Crippen LogP contribution in [0, 0.1) is 25.2 Å². The third-order valence-corrected chi connectivity index (χ3v) is 6.40. The predicted molar refractivity (Wildman–Crippen MR) is 121 cm³/mol. The Hall–Kier alpha value is -3.00. The number of sulfonamides is 1. The molecule has 10 heteroatoms. The first-order valence-electron chi connectivity index (χ1n) is 9.45. The molecule has 1 aliphatic heterocycles. The maximum absolute atomic E-state index is 12.9. The van der Waals surface area contributed by atoms with Crippen LogP contribution in [0.3, 0.4) is 0 Å². The first-order valence-corrected chi connectivity index (χ1v) is 11.7. The summed E-state index contributed by atoms with van der Waals surface area (Å²) in [5, 5.41) is 11.9. The summed E-state index contributed by atoms with van der Waals surface area (Å²) in [6.45, 7) is 4.03. The molecule has 0 unspecified atom stereocenters. The molecule has 1 amide bonds. The molecule has 1 aromatic carbocycles. The number of furan rings is 1. The van der Waals surface area contributed by atoms with Crippen molar-refractivity contribution in [2.24, 2.45) is 0 Å². The largest absolute Gasteiger partial charge is 0.460 e. The van der Waals surface area contributed by atoms with E-state index in [4.69, 9.17) is 21.9 Å². The summed E-state index contributed by atoms with van der Waals surface area (Å²) in [6, 6.07) is 10.9. The molecule has 1 saturated heterocycles. The van der Waals surface area contributed by atoms with Gasteiger partial charge < -0.3 is 9.73 Å². The third-order valence-electron chi connectivity index (χ3n) is 4.87. The van der Waals surface area contributed by atoms with Crippen molar-refractivity contribution in [1.82, 2.24) is 9.62 Å². The summed E-state index contributed by atoms with van der Waals surface area (Å²) in [7, 11) is -3.49. The van der Waals surface area contributed by atoms with E-state index in [1.54, 1.807) is 12.1 Å². The maximum atomic E-state index is 12.9. The van der Waals surface area contributed by atoms with E-state index in [1.165, 1.54) is 15.3 Å². The molecule has 8 nitrogen and oxygen atoms in total. The molecular formula is C21H22N4O4S2. The van der Waals surface area contributed by atoms with Gasteiger partial charge in [-0.05, 0) is 61.5 Å². The van der Waals surface area contributed by atoms with Crippen molar-refractivity contribution in [2.45, 2.75) is 26.8 Å². The highest BCUT2D eigenvalue weighted by Gasteiger charge is 2.32. The van der Waals surface area contributed by atoms with Crippen LogP contribution in [0.2, 0.25) is 0 Å². The maximum Gasteiger partial charge on any atom is 0.281 e. The van der Waals surface area contributed by atoms with Crippen LogP contribution in [0.15, 0.2) is 40.4 Å². The second kappa shape index (κ2) is 9.01. The van der Waals surface area contributed by atoms with Crippen LogP contribution < -0.4 is 10.2 Å². The number of thiocarbonyl (C=S) groups is 1. The van der Waals surface area contributed by atoms with E-state index in [0.717, 1.165) is 17.4 Å². The van der Waals surface area contributed by atoms with Crippen molar-refractivity contribution in [3.63, 3.8) is 0 Å². The standard InChI is InChI=1S/C21H22N4O4S2/c1-14-5-6-16(11-15(14)2)25-20(26)19(23-21(25)30)12-17-7-8-18(29-17)13-24(10-4-9-22)31(3,27)28/h5-8,11-12H,4,10,13H2,1-3H3,(H,23,30). The van der Waals surface area contributed by atoms with Gasteiger partial charge in [0.05, 0.1) is 24.6 Å². The molecule has 0 spiro atoms. The number of nitrogens with one attached hydrogen (secondary N) is 1. The quantitative estimate of drug-likeness (QED) is 0.502. The van der Waals surface area contributed by atoms with Crippen LogP contribution in [-0.4, -0.2) is 36.5 Å². The Morgan fingerprint density at radius 3 is 2.65 bits per heavy atom. The minimum atomic E-state index is -3.49. The minimum absolute atomic E-state index is 0.00174. The first-order chi connectivity index (χ1) is 14.6. The van der Waals surface area contributed by atoms with Gasteiger partial charge in [0, 0.05) is 19.0 Å². The van der Waals surface area contributed by atoms with Crippen LogP contribution in [0.5, 0.6) is 0 Å². The van der Waals surface area contributed by atoms with E-state index in [9.17, 15) is 13.2 Å². The van der Waals surface area contributed by atoms with Gasteiger partial charge in [0.2, 0.25) is 10.0 Å². The lowest BCUT2D eigenvalue weighted by molar-refractivity contribution is -0.113. The van der Waals surface area contributed by atoms with Crippen LogP contribution >= 0.6 is 12.2 Å². The van der Waals surface area contributed by atoms with E-state index in [-0.39, 0.29) is 36.2 Å². The number of amides is 1. The fraction of sp³-hybridized carbons (Fsp3) is 0.286. The Morgan fingerprint density at radius 1 is 1.26 bits per heavy atom. The number of aryl methyl sites for hydroxylation is 2. The number of hydrogen-bond acceptors (Lipinski definition) is 6. The number of nitriles is 1. The molecular weight excluding hydrogens is 436 g/mol. The number of nitrogens with zero attached hydrogens (tertiary/aromatic N) is 3. The Bertz CT molecular complexity index is 1210. The third kappa shape index (κ3) is 5.19. The Kier molecular flexibility index (Phi) is 6.59. The molecule has 1 N–H and O–H groups in total. The molecule has 2 aromatic rings. The van der Waals surface area contributed by atoms with Crippen LogP contribution in [-0.2, 0) is 21.4 Å². The molecule has 162 valence electrons. The van der Waals surface area contributed by atoms with Gasteiger partial charge in [-0.1, -0.05) is 6.07 Å². The monoisotopic (exact) mass is 458 g/mol. The van der Waals surface area contributed by atoms with Gasteiger partial charge in [-0.2, -0.15) is 9.57 Å². The van der Waals surface area contributed by atoms with Gasteiger partial charge in [-0.3, -0.25) is 9.69 Å². The van der Waals surface area contributed by atoms with Gasteiger partial charge in [-0.25, -0.2) is 8.42 Å². The zero-order valence-electron chi connectivity index (χ0n) is 17.4. The first kappa shape index (κ1) is 22.7. The molecule has 0 aliphatic carbocycles. The van der Waals surface area contributed by atoms with E-state index >= 15 is 0 Å². The summed E-state index contributed by atoms with van der Waals surface area (Å²) in [5.41, 5.74) is 3.10. The summed E-state index contributed by atoms with van der Waals surface area (Å²) in [4.78, 5) is 14.3. The number of benzene rings is 1. The van der Waals surface area contributed by atoms with E-state index in [1.807, 2.05) is 38.1 Å². The smallest absolute Gasteiger partial charge is 0.281 e. The lowest BCUT2D eigenvalue weighted by Crippen LogP contribution is -2.30. The van der Waals surface area contributed by atoms with Crippen molar-refractivity contribution >= 4 is 45.0 Å². The van der Waals surface area contributed by atoms with Gasteiger partial charge in [0.25, 0.3) is 5.91 Å². The summed E-state index contributed by atoms with van der Waals surface area (Å²) in [5.74, 6) is 0.469. The predicted octanol–water partition coefficient (Wildman–Crippen LogP) is 2.83. The molecule has 1 fully saturated rings. The van der Waals surface area contributed by atoms with E-state index < -0.39 is 10.0 Å². The Labute approximate surface area is 186 Å². The van der Waals surface area contributed by atoms with Gasteiger partial charge in [0.1, 0.15) is 17.2 Å². The summed E-state index contributed by atoms with van der Waals surface area (Å²) >= 11 is 5.34. The molecule has 2 heterocycles. The van der Waals surface area contributed by atoms with Crippen LogP contribution in [0.25, 0.3) is 6.08 Å². The lowest BCUT2D eigenvalue weighted by atomic mass is 10.1. The van der Waals surface area contributed by atoms with Crippen molar-refractivity contribution in [1.29, 1.82) is 5.26 Å². The van der Waals surface area contributed by atoms with Gasteiger partial charge in [-0.15, -0.1) is 0 Å². The molecule has 0 radical (unpaired) electrons. The van der Waals surface area contributed by atoms with Crippen molar-refractivity contribution in [3.05, 3.63) is 58.7 Å². The van der Waals surface area contributed by atoms with Gasteiger partial charge >= 0.3 is 0 Å². The second-order valence-electron chi connectivity index (χ2n) is 7.21. The minimum Gasteiger partial charge on any atom is -0.460 e. The molecule has 1 aromatic heterocycles. The average Bonchev–Trinajstić information content (AvgIpc) is 3.24. The molecule has 1 aliphatic rings. The van der Waals surface area contributed by atoms with Crippen molar-refractivity contribution < 1.29 is 17.6 Å². The lowest BCUT2D eigenvalue weighted by Gasteiger charge is -2.16. The van der Waals surface area contributed by atoms with Crippen molar-refractivity contribution in [2.75, 3.05) is 17.7 Å². The number of rotatable bonds is 7. The molecule has 0 bridgehead atoms. The highest BCUT2D eigenvalue weighted by Crippen LogP contribution is 2.25. The fourth-order valence-electron chi connectivity index (χ4n) is 3.04. The molecule has 0 atom stereocenters. The normalized spacial score (nSPS) is 15.6. The van der Waals surface area contributed by atoms with Gasteiger partial charge in [0.15, 0.2) is 5.11 Å². The number of anilines is 1. The zero-order valence-corrected chi connectivity index (χ0v) is 19.0. The van der Waals surface area contributed by atoms with E-state index in [2.05, 4.69) is 5.32 Å². The Balaban J connectivity index is 1.79. The highest BCUT2D eigenvalue weighted by atomic mass is 32.2. The van der Waals surface area contributed by atoms with Crippen LogP contribution in [0.1, 0.15) is 29.1 Å². The zero-order chi connectivity index (χ0) is 22.8. The molecule has 31 heavy (non-hydrogen) atoms. The molecule has 3 rings (SSSR count). The SMILES string of the molecule is Cc1ccc(N2C(=O)C(=Cc3ccc(CN(CCC#N)S(C)(=O)=O)o3)NC2=S)cc1C. The fourth-order valence-corrected chi connectivity index (χ4v) is 4.13.